The fraction of sp³-hybridized carbons (Fsp3) is 0.440. The minimum absolute atomic E-state index is 0.00749. The molecule has 2 atom stereocenters. The van der Waals surface area contributed by atoms with E-state index in [-0.39, 0.29) is 55.0 Å². The standard InChI is InChI=1S/C24H29N5O8.CH5N/c25-14-8-16(27-18(9-14)24(36)37)11-29(13-22(32)33)20-7-2-1-6-19(20)28(12-21(30)31)10-15-4-3-5-17(26-15)23(34)35;1-2/h3-5,8-9,19-20H,1-2,6-7,10-13H2,(H2,25,27)(H,30,31)(H,32,33)(H,34,35)(H,36,37);2H2,1H3. The smallest absolute Gasteiger partial charge is 0.354 e. The van der Waals surface area contributed by atoms with Gasteiger partial charge in [-0.15, -0.1) is 0 Å². The molecule has 0 bridgehead atoms. The van der Waals surface area contributed by atoms with Crippen LogP contribution in [0.1, 0.15) is 58.0 Å². The van der Waals surface area contributed by atoms with Gasteiger partial charge in [0.1, 0.15) is 5.69 Å². The molecule has 3 rings (SSSR count). The molecule has 0 spiro atoms. The Bertz CT molecular complexity index is 1180. The highest BCUT2D eigenvalue weighted by atomic mass is 16.4. The molecule has 0 saturated heterocycles. The molecule has 8 N–H and O–H groups in total. The average molecular weight is 547 g/mol. The Labute approximate surface area is 224 Å². The van der Waals surface area contributed by atoms with Crippen LogP contribution in [0, 0.1) is 0 Å². The lowest BCUT2D eigenvalue weighted by molar-refractivity contribution is -0.143. The van der Waals surface area contributed by atoms with Gasteiger partial charge in [-0.25, -0.2) is 19.6 Å². The molecule has 212 valence electrons. The van der Waals surface area contributed by atoms with Crippen molar-refractivity contribution >= 4 is 29.6 Å². The number of pyridine rings is 2. The van der Waals surface area contributed by atoms with Crippen molar-refractivity contribution in [3.63, 3.8) is 0 Å². The Morgan fingerprint density at radius 2 is 1.28 bits per heavy atom. The van der Waals surface area contributed by atoms with Crippen LogP contribution < -0.4 is 11.5 Å². The van der Waals surface area contributed by atoms with Gasteiger partial charge in [0, 0.05) is 30.9 Å². The van der Waals surface area contributed by atoms with Crippen molar-refractivity contribution in [1.82, 2.24) is 19.8 Å². The van der Waals surface area contributed by atoms with E-state index in [1.807, 2.05) is 0 Å². The first-order valence-electron chi connectivity index (χ1n) is 12.2. The van der Waals surface area contributed by atoms with Gasteiger partial charge in [-0.1, -0.05) is 18.9 Å². The topological polar surface area (TPSA) is 233 Å². The molecule has 1 fully saturated rings. The number of carboxylic acid groups (broad SMARTS) is 4. The van der Waals surface area contributed by atoms with Crippen LogP contribution in [0.3, 0.4) is 0 Å². The summed E-state index contributed by atoms with van der Waals surface area (Å²) < 4.78 is 0. The maximum absolute atomic E-state index is 11.8. The Morgan fingerprint density at radius 1 is 0.795 bits per heavy atom. The number of aliphatic carboxylic acids is 2. The molecule has 1 aliphatic carbocycles. The van der Waals surface area contributed by atoms with Crippen molar-refractivity contribution in [2.24, 2.45) is 5.73 Å². The summed E-state index contributed by atoms with van der Waals surface area (Å²) in [7, 11) is 1.50. The molecule has 2 unspecified atom stereocenters. The van der Waals surface area contributed by atoms with Gasteiger partial charge in [0.05, 0.1) is 24.5 Å². The predicted molar refractivity (Wildman–Crippen MR) is 139 cm³/mol. The second-order valence-electron chi connectivity index (χ2n) is 8.92. The molecule has 14 heteroatoms. The molecule has 1 aliphatic rings. The molecule has 0 aromatic carbocycles. The fourth-order valence-electron chi connectivity index (χ4n) is 4.78. The van der Waals surface area contributed by atoms with Crippen molar-refractivity contribution in [1.29, 1.82) is 0 Å². The Balaban J connectivity index is 0.00000260. The van der Waals surface area contributed by atoms with Gasteiger partial charge in [-0.05, 0) is 44.2 Å². The first-order chi connectivity index (χ1) is 18.5. The van der Waals surface area contributed by atoms with Crippen LogP contribution in [0.5, 0.6) is 0 Å². The van der Waals surface area contributed by atoms with E-state index in [9.17, 15) is 39.6 Å². The largest absolute Gasteiger partial charge is 0.480 e. The monoisotopic (exact) mass is 546 g/mol. The van der Waals surface area contributed by atoms with Gasteiger partial charge >= 0.3 is 23.9 Å². The molecule has 2 aromatic rings. The summed E-state index contributed by atoms with van der Waals surface area (Å²) >= 11 is 0. The lowest BCUT2D eigenvalue weighted by atomic mass is 9.87. The van der Waals surface area contributed by atoms with Crippen LogP contribution in [-0.4, -0.2) is 96.3 Å². The van der Waals surface area contributed by atoms with Gasteiger partial charge in [0.25, 0.3) is 0 Å². The molecule has 1 saturated carbocycles. The number of anilines is 1. The number of aromatic carboxylic acids is 2. The van der Waals surface area contributed by atoms with E-state index in [1.54, 1.807) is 15.9 Å². The van der Waals surface area contributed by atoms with Crippen molar-refractivity contribution in [3.8, 4) is 0 Å². The predicted octanol–water partition coefficient (Wildman–Crippen LogP) is 0.815. The van der Waals surface area contributed by atoms with E-state index in [0.29, 0.717) is 18.5 Å². The maximum atomic E-state index is 11.8. The fourth-order valence-corrected chi connectivity index (χ4v) is 4.78. The number of aromatic nitrogens is 2. The maximum Gasteiger partial charge on any atom is 0.354 e. The van der Waals surface area contributed by atoms with E-state index < -0.39 is 29.9 Å². The number of carboxylic acids is 4. The lowest BCUT2D eigenvalue weighted by Gasteiger charge is -2.44. The minimum atomic E-state index is -1.27. The molecule has 0 radical (unpaired) electrons. The summed E-state index contributed by atoms with van der Waals surface area (Å²) in [4.78, 5) is 57.8. The van der Waals surface area contributed by atoms with E-state index in [2.05, 4.69) is 15.7 Å². The summed E-state index contributed by atoms with van der Waals surface area (Å²) in [6.07, 6.45) is 2.73. The van der Waals surface area contributed by atoms with Crippen LogP contribution in [0.15, 0.2) is 30.3 Å². The van der Waals surface area contributed by atoms with E-state index in [4.69, 9.17) is 5.73 Å². The van der Waals surface area contributed by atoms with Crippen molar-refractivity contribution < 1.29 is 39.6 Å². The van der Waals surface area contributed by atoms with Crippen LogP contribution in [-0.2, 0) is 22.7 Å². The zero-order valence-corrected chi connectivity index (χ0v) is 21.6. The lowest BCUT2D eigenvalue weighted by Crippen LogP contribution is -2.55. The molecule has 14 nitrogen and oxygen atoms in total. The van der Waals surface area contributed by atoms with Gasteiger partial charge in [0.15, 0.2) is 5.69 Å². The van der Waals surface area contributed by atoms with E-state index in [0.717, 1.165) is 12.8 Å². The molecule has 39 heavy (non-hydrogen) atoms. The molecule has 0 amide bonds. The number of hydrogen-bond donors (Lipinski definition) is 6. The van der Waals surface area contributed by atoms with E-state index >= 15 is 0 Å². The van der Waals surface area contributed by atoms with Crippen molar-refractivity contribution in [2.45, 2.75) is 50.9 Å². The first kappa shape index (κ1) is 31.1. The summed E-state index contributed by atoms with van der Waals surface area (Å²) in [5.74, 6) is -4.66. The highest BCUT2D eigenvalue weighted by molar-refractivity contribution is 5.86. The molecule has 2 heterocycles. The number of hydrogen-bond acceptors (Lipinski definition) is 10. The van der Waals surface area contributed by atoms with Crippen LogP contribution in [0.4, 0.5) is 5.69 Å². The third-order valence-electron chi connectivity index (χ3n) is 6.18. The summed E-state index contributed by atoms with van der Waals surface area (Å²) in [5.41, 5.74) is 10.7. The minimum Gasteiger partial charge on any atom is -0.480 e. The molecular weight excluding hydrogens is 512 g/mol. The number of carbonyl (C=O) groups is 4. The highest BCUT2D eigenvalue weighted by Crippen LogP contribution is 2.29. The van der Waals surface area contributed by atoms with Crippen LogP contribution >= 0.6 is 0 Å². The number of nitrogen functional groups attached to an aromatic ring is 1. The second-order valence-corrected chi connectivity index (χ2v) is 8.92. The Kier molecular flexibility index (Phi) is 11.7. The Morgan fingerprint density at radius 3 is 1.77 bits per heavy atom. The average Bonchev–Trinajstić information content (AvgIpc) is 2.88. The molecular formula is C25H34N6O8. The quantitative estimate of drug-likeness (QED) is 0.216. The summed E-state index contributed by atoms with van der Waals surface area (Å²) in [5, 5.41) is 37.8. The third-order valence-corrected chi connectivity index (χ3v) is 6.18. The van der Waals surface area contributed by atoms with E-state index in [1.165, 1.54) is 31.3 Å². The Hall–Kier alpha value is -4.14. The molecule has 0 aliphatic heterocycles. The van der Waals surface area contributed by atoms with Gasteiger partial charge in [0.2, 0.25) is 0 Å². The van der Waals surface area contributed by atoms with Gasteiger partial charge in [-0.3, -0.25) is 19.4 Å². The van der Waals surface area contributed by atoms with Gasteiger partial charge < -0.3 is 31.9 Å². The zero-order chi connectivity index (χ0) is 29.1. The van der Waals surface area contributed by atoms with Crippen molar-refractivity contribution in [3.05, 3.63) is 53.1 Å². The molecule has 2 aromatic heterocycles. The van der Waals surface area contributed by atoms with Crippen molar-refractivity contribution in [2.75, 3.05) is 25.9 Å². The third kappa shape index (κ3) is 9.28. The van der Waals surface area contributed by atoms with Gasteiger partial charge in [-0.2, -0.15) is 0 Å². The summed E-state index contributed by atoms with van der Waals surface area (Å²) in [6.45, 7) is -0.698. The summed E-state index contributed by atoms with van der Waals surface area (Å²) in [6, 6.07) is 6.39. The normalized spacial score (nSPS) is 16.8. The second kappa shape index (κ2) is 14.7. The van der Waals surface area contributed by atoms with Crippen LogP contribution in [0.2, 0.25) is 0 Å². The highest BCUT2D eigenvalue weighted by Gasteiger charge is 2.36. The first-order valence-corrected chi connectivity index (χ1v) is 12.2. The van der Waals surface area contributed by atoms with Crippen LogP contribution in [0.25, 0.3) is 0 Å². The number of rotatable bonds is 12. The number of nitrogens with zero attached hydrogens (tertiary/aromatic N) is 4. The number of nitrogens with two attached hydrogens (primary N) is 2. The zero-order valence-electron chi connectivity index (χ0n) is 21.6. The SMILES string of the molecule is CN.Nc1cc(CN(CC(=O)O)C2CCCCC2N(CC(=O)O)Cc2cccc(C(=O)O)n2)nc(C(=O)O)c1.